The number of hydrogen-bond acceptors (Lipinski definition) is 4. The topological polar surface area (TPSA) is 62.7 Å². The fourth-order valence-corrected chi connectivity index (χ4v) is 3.22. The van der Waals surface area contributed by atoms with Gasteiger partial charge < -0.3 is 5.73 Å². The van der Waals surface area contributed by atoms with E-state index in [9.17, 15) is 13.2 Å². The van der Waals surface area contributed by atoms with Gasteiger partial charge in [0.05, 0.1) is 16.9 Å². The van der Waals surface area contributed by atoms with Gasteiger partial charge in [-0.25, -0.2) is 4.98 Å². The zero-order valence-corrected chi connectivity index (χ0v) is 12.7. The molecule has 0 saturated carbocycles. The normalized spacial score (nSPS) is 11.6. The first kappa shape index (κ1) is 15.3. The Labute approximate surface area is 133 Å². The molecule has 0 unspecified atom stereocenters. The summed E-state index contributed by atoms with van der Waals surface area (Å²) in [4.78, 5) is 4.42. The number of nitrogens with zero attached hydrogens (tertiary/aromatic N) is 2. The van der Waals surface area contributed by atoms with Crippen LogP contribution in [0.15, 0.2) is 30.3 Å². The van der Waals surface area contributed by atoms with Crippen molar-refractivity contribution in [2.75, 3.05) is 5.73 Å². The highest BCUT2D eigenvalue weighted by atomic mass is 32.1. The molecule has 2 aromatic heterocycles. The van der Waals surface area contributed by atoms with Crippen molar-refractivity contribution in [3.8, 4) is 17.3 Å². The fourth-order valence-electron chi connectivity index (χ4n) is 2.30. The fraction of sp³-hybridized carbons (Fsp3) is 0.125. The Kier molecular flexibility index (Phi) is 3.49. The zero-order chi connectivity index (χ0) is 16.8. The number of nitrogens with two attached hydrogens (primary N) is 1. The van der Waals surface area contributed by atoms with Crippen LogP contribution in [0.1, 0.15) is 16.0 Å². The molecular weight excluding hydrogens is 323 g/mol. The summed E-state index contributed by atoms with van der Waals surface area (Å²) in [7, 11) is 0. The molecule has 0 saturated heterocycles. The third-order valence-electron chi connectivity index (χ3n) is 3.45. The van der Waals surface area contributed by atoms with Crippen LogP contribution in [0.3, 0.4) is 0 Å². The van der Waals surface area contributed by atoms with Crippen LogP contribution < -0.4 is 5.73 Å². The van der Waals surface area contributed by atoms with E-state index in [2.05, 4.69) is 4.98 Å². The minimum absolute atomic E-state index is 0.0408. The Hall–Kier alpha value is -2.59. The van der Waals surface area contributed by atoms with Crippen molar-refractivity contribution >= 4 is 27.2 Å². The minimum atomic E-state index is -4.58. The lowest BCUT2D eigenvalue weighted by Crippen LogP contribution is -2.07. The monoisotopic (exact) mass is 333 g/mol. The van der Waals surface area contributed by atoms with E-state index in [1.165, 1.54) is 0 Å². The first-order valence-electron chi connectivity index (χ1n) is 6.58. The Morgan fingerprint density at radius 2 is 1.87 bits per heavy atom. The second-order valence-electron chi connectivity index (χ2n) is 5.06. The van der Waals surface area contributed by atoms with Gasteiger partial charge in [0.15, 0.2) is 0 Å². The van der Waals surface area contributed by atoms with Crippen molar-refractivity contribution < 1.29 is 13.2 Å². The molecule has 3 rings (SSSR count). The molecule has 2 N–H and O–H groups in total. The van der Waals surface area contributed by atoms with E-state index >= 15 is 0 Å². The summed E-state index contributed by atoms with van der Waals surface area (Å²) in [6.45, 7) is 1.89. The molecule has 0 aliphatic carbocycles. The molecule has 3 nitrogen and oxygen atoms in total. The van der Waals surface area contributed by atoms with Gasteiger partial charge in [-0.2, -0.15) is 18.4 Å². The molecule has 3 aromatic rings. The third-order valence-corrected chi connectivity index (χ3v) is 4.46. The largest absolute Gasteiger partial charge is 0.417 e. The lowest BCUT2D eigenvalue weighted by atomic mass is 10.0. The summed E-state index contributed by atoms with van der Waals surface area (Å²) < 4.78 is 40.2. The summed E-state index contributed by atoms with van der Waals surface area (Å²) in [5.41, 5.74) is 6.45. The van der Waals surface area contributed by atoms with Crippen LogP contribution in [0.4, 0.5) is 18.9 Å². The number of halogens is 3. The molecular formula is C16H10F3N3S. The van der Waals surface area contributed by atoms with E-state index in [1.54, 1.807) is 24.3 Å². The smallest absolute Gasteiger partial charge is 0.396 e. The number of benzene rings is 1. The summed E-state index contributed by atoms with van der Waals surface area (Å²) in [5.74, 6) is 0. The first-order valence-corrected chi connectivity index (χ1v) is 7.40. The molecule has 0 fully saturated rings. The number of aromatic nitrogens is 1. The van der Waals surface area contributed by atoms with E-state index in [0.717, 1.165) is 23.0 Å². The van der Waals surface area contributed by atoms with Crippen LogP contribution in [-0.4, -0.2) is 4.98 Å². The van der Waals surface area contributed by atoms with Crippen molar-refractivity contribution in [2.45, 2.75) is 13.1 Å². The van der Waals surface area contributed by atoms with Gasteiger partial charge in [0.1, 0.15) is 15.8 Å². The van der Waals surface area contributed by atoms with Gasteiger partial charge in [-0.3, -0.25) is 0 Å². The second kappa shape index (κ2) is 5.25. The summed E-state index contributed by atoms with van der Waals surface area (Å²) in [5, 5.41) is 8.80. The lowest BCUT2D eigenvalue weighted by molar-refractivity contribution is -0.136. The van der Waals surface area contributed by atoms with Crippen LogP contribution in [0.25, 0.3) is 21.5 Å². The molecule has 0 spiro atoms. The Morgan fingerprint density at radius 3 is 2.43 bits per heavy atom. The SMILES string of the molecule is Cc1ccc(-c2cc(C(F)(F)F)c3c(N)c(C#N)sc3n2)cc1. The number of fused-ring (bicyclic) bond motifs is 1. The predicted octanol–water partition coefficient (Wildman–Crippen LogP) is 4.74. The van der Waals surface area contributed by atoms with Crippen LogP contribution in [-0.2, 0) is 6.18 Å². The Morgan fingerprint density at radius 1 is 1.22 bits per heavy atom. The number of rotatable bonds is 1. The maximum Gasteiger partial charge on any atom is 0.417 e. The van der Waals surface area contributed by atoms with E-state index in [1.807, 2.05) is 13.0 Å². The molecule has 2 heterocycles. The number of hydrogen-bond donors (Lipinski definition) is 1. The summed E-state index contributed by atoms with van der Waals surface area (Å²) >= 11 is 0.869. The molecule has 116 valence electrons. The van der Waals surface area contributed by atoms with Gasteiger partial charge in [0, 0.05) is 10.9 Å². The van der Waals surface area contributed by atoms with Gasteiger partial charge in [-0.1, -0.05) is 29.8 Å². The average Bonchev–Trinajstić information content (AvgIpc) is 2.82. The van der Waals surface area contributed by atoms with Gasteiger partial charge in [-0.15, -0.1) is 11.3 Å². The van der Waals surface area contributed by atoms with Crippen molar-refractivity contribution in [3.63, 3.8) is 0 Å². The van der Waals surface area contributed by atoms with E-state index in [0.29, 0.717) is 5.56 Å². The number of aryl methyl sites for hydroxylation is 1. The van der Waals surface area contributed by atoms with Gasteiger partial charge in [0.25, 0.3) is 0 Å². The zero-order valence-electron chi connectivity index (χ0n) is 11.9. The second-order valence-corrected chi connectivity index (χ2v) is 6.05. The highest BCUT2D eigenvalue weighted by Gasteiger charge is 2.35. The highest BCUT2D eigenvalue weighted by molar-refractivity contribution is 7.19. The first-order chi connectivity index (χ1) is 10.8. The summed E-state index contributed by atoms with van der Waals surface area (Å²) in [6, 6.07) is 9.83. The molecule has 0 aliphatic rings. The lowest BCUT2D eigenvalue weighted by Gasteiger charge is -2.11. The molecule has 0 radical (unpaired) electrons. The van der Waals surface area contributed by atoms with E-state index in [-0.39, 0.29) is 26.5 Å². The molecule has 23 heavy (non-hydrogen) atoms. The molecule has 1 aromatic carbocycles. The molecule has 0 amide bonds. The van der Waals surface area contributed by atoms with Crippen molar-refractivity contribution in [3.05, 3.63) is 46.3 Å². The molecule has 0 bridgehead atoms. The van der Waals surface area contributed by atoms with Gasteiger partial charge in [0.2, 0.25) is 0 Å². The standard InChI is InChI=1S/C16H10F3N3S/c1-8-2-4-9(5-3-8)11-6-10(16(17,18)19)13-14(21)12(7-20)23-15(13)22-11/h2-6H,21H2,1H3. The number of thiophene rings is 1. The molecule has 7 heteroatoms. The number of nitriles is 1. The summed E-state index contributed by atoms with van der Waals surface area (Å²) in [6.07, 6.45) is -4.58. The Bertz CT molecular complexity index is 934. The maximum absolute atomic E-state index is 13.4. The van der Waals surface area contributed by atoms with Crippen molar-refractivity contribution in [1.29, 1.82) is 5.26 Å². The quantitative estimate of drug-likeness (QED) is 0.699. The highest BCUT2D eigenvalue weighted by Crippen LogP contribution is 2.43. The van der Waals surface area contributed by atoms with Gasteiger partial charge >= 0.3 is 6.18 Å². The minimum Gasteiger partial charge on any atom is -0.396 e. The number of alkyl halides is 3. The van der Waals surface area contributed by atoms with Crippen LogP contribution in [0.5, 0.6) is 0 Å². The molecule has 0 atom stereocenters. The third kappa shape index (κ3) is 2.62. The number of pyridine rings is 1. The molecule has 0 aliphatic heterocycles. The van der Waals surface area contributed by atoms with Gasteiger partial charge in [-0.05, 0) is 13.0 Å². The maximum atomic E-state index is 13.4. The number of nitrogen functional groups attached to an aromatic ring is 1. The van der Waals surface area contributed by atoms with Crippen LogP contribution in [0.2, 0.25) is 0 Å². The average molecular weight is 333 g/mol. The van der Waals surface area contributed by atoms with Crippen molar-refractivity contribution in [2.24, 2.45) is 0 Å². The predicted molar refractivity (Wildman–Crippen MR) is 83.9 cm³/mol. The van der Waals surface area contributed by atoms with Crippen molar-refractivity contribution in [1.82, 2.24) is 4.98 Å². The van der Waals surface area contributed by atoms with E-state index < -0.39 is 11.7 Å². The van der Waals surface area contributed by atoms with E-state index in [4.69, 9.17) is 11.0 Å². The number of anilines is 1. The van der Waals surface area contributed by atoms with Crippen LogP contribution >= 0.6 is 11.3 Å². The Balaban J connectivity index is 2.34. The van der Waals surface area contributed by atoms with Crippen LogP contribution in [0, 0.1) is 18.3 Å².